The fourth-order valence-corrected chi connectivity index (χ4v) is 1.74. The van der Waals surface area contributed by atoms with E-state index in [0.29, 0.717) is 11.9 Å². The standard InChI is InChI=1S/C15H20N4/c1-4-11(3)18-14-12(5-2)10-17-15(19-14)13-8-6-7-9-16-13/h6-11H,4-5H2,1-3H3,(H,17,18,19)/t11-/m1/s1. The Morgan fingerprint density at radius 1 is 1.21 bits per heavy atom. The molecule has 2 heterocycles. The Morgan fingerprint density at radius 2 is 2.05 bits per heavy atom. The van der Waals surface area contributed by atoms with Crippen LogP contribution in [-0.4, -0.2) is 21.0 Å². The lowest BCUT2D eigenvalue weighted by Gasteiger charge is -2.15. The van der Waals surface area contributed by atoms with E-state index in [1.165, 1.54) is 0 Å². The summed E-state index contributed by atoms with van der Waals surface area (Å²) < 4.78 is 0. The molecule has 0 unspecified atom stereocenters. The topological polar surface area (TPSA) is 50.7 Å². The van der Waals surface area contributed by atoms with Crippen molar-refractivity contribution in [2.45, 2.75) is 39.7 Å². The molecule has 0 fully saturated rings. The highest BCUT2D eigenvalue weighted by Crippen LogP contribution is 2.19. The van der Waals surface area contributed by atoms with Gasteiger partial charge in [0, 0.05) is 24.0 Å². The van der Waals surface area contributed by atoms with Crippen molar-refractivity contribution < 1.29 is 0 Å². The molecule has 0 aliphatic heterocycles. The fourth-order valence-electron chi connectivity index (χ4n) is 1.74. The molecule has 0 aromatic carbocycles. The van der Waals surface area contributed by atoms with Gasteiger partial charge in [0.1, 0.15) is 11.5 Å². The molecule has 2 aromatic heterocycles. The van der Waals surface area contributed by atoms with Crippen molar-refractivity contribution in [3.05, 3.63) is 36.2 Å². The van der Waals surface area contributed by atoms with Gasteiger partial charge in [0.25, 0.3) is 0 Å². The molecule has 4 heteroatoms. The number of aromatic nitrogens is 3. The minimum Gasteiger partial charge on any atom is -0.367 e. The van der Waals surface area contributed by atoms with Crippen molar-refractivity contribution >= 4 is 5.82 Å². The van der Waals surface area contributed by atoms with Crippen LogP contribution in [0, 0.1) is 0 Å². The van der Waals surface area contributed by atoms with Gasteiger partial charge in [-0.05, 0) is 31.9 Å². The predicted molar refractivity (Wildman–Crippen MR) is 78.0 cm³/mol. The third-order valence-electron chi connectivity index (χ3n) is 3.13. The first-order valence-corrected chi connectivity index (χ1v) is 6.78. The first-order chi connectivity index (χ1) is 9.24. The van der Waals surface area contributed by atoms with E-state index in [4.69, 9.17) is 0 Å². The molecule has 2 rings (SSSR count). The van der Waals surface area contributed by atoms with Crippen molar-refractivity contribution in [1.82, 2.24) is 15.0 Å². The highest BCUT2D eigenvalue weighted by atomic mass is 15.1. The van der Waals surface area contributed by atoms with Gasteiger partial charge in [0.05, 0.1) is 0 Å². The van der Waals surface area contributed by atoms with Gasteiger partial charge in [-0.25, -0.2) is 9.97 Å². The van der Waals surface area contributed by atoms with Crippen molar-refractivity contribution in [1.29, 1.82) is 0 Å². The van der Waals surface area contributed by atoms with E-state index >= 15 is 0 Å². The van der Waals surface area contributed by atoms with Crippen LogP contribution in [0.2, 0.25) is 0 Å². The largest absolute Gasteiger partial charge is 0.367 e. The molecule has 2 aromatic rings. The van der Waals surface area contributed by atoms with Gasteiger partial charge in [0.15, 0.2) is 5.82 Å². The van der Waals surface area contributed by atoms with Crippen molar-refractivity contribution in [2.24, 2.45) is 0 Å². The second kappa shape index (κ2) is 6.27. The molecule has 100 valence electrons. The Hall–Kier alpha value is -1.97. The highest BCUT2D eigenvalue weighted by molar-refractivity contribution is 5.54. The van der Waals surface area contributed by atoms with Gasteiger partial charge in [0.2, 0.25) is 0 Å². The Bertz CT molecular complexity index is 525. The lowest BCUT2D eigenvalue weighted by molar-refractivity contribution is 0.755. The Balaban J connectivity index is 2.35. The van der Waals surface area contributed by atoms with Crippen molar-refractivity contribution in [3.8, 4) is 11.5 Å². The Morgan fingerprint density at radius 3 is 2.68 bits per heavy atom. The van der Waals surface area contributed by atoms with E-state index in [0.717, 1.165) is 29.9 Å². The van der Waals surface area contributed by atoms with Crippen LogP contribution < -0.4 is 5.32 Å². The maximum atomic E-state index is 4.62. The van der Waals surface area contributed by atoms with E-state index in [1.807, 2.05) is 24.4 Å². The second-order valence-corrected chi connectivity index (χ2v) is 4.59. The van der Waals surface area contributed by atoms with Crippen LogP contribution in [0.15, 0.2) is 30.6 Å². The first-order valence-electron chi connectivity index (χ1n) is 6.78. The van der Waals surface area contributed by atoms with Crippen LogP contribution in [0.5, 0.6) is 0 Å². The number of hydrogen-bond acceptors (Lipinski definition) is 4. The molecule has 19 heavy (non-hydrogen) atoms. The lowest BCUT2D eigenvalue weighted by atomic mass is 10.2. The van der Waals surface area contributed by atoms with Crippen LogP contribution in [0.4, 0.5) is 5.82 Å². The summed E-state index contributed by atoms with van der Waals surface area (Å²) in [7, 11) is 0. The predicted octanol–water partition coefficient (Wildman–Crippen LogP) is 3.31. The summed E-state index contributed by atoms with van der Waals surface area (Å²) in [6, 6.07) is 6.16. The summed E-state index contributed by atoms with van der Waals surface area (Å²) in [6.45, 7) is 6.42. The van der Waals surface area contributed by atoms with Gasteiger partial charge < -0.3 is 5.32 Å². The van der Waals surface area contributed by atoms with Crippen molar-refractivity contribution in [3.63, 3.8) is 0 Å². The van der Waals surface area contributed by atoms with Gasteiger partial charge in [-0.3, -0.25) is 4.98 Å². The molecule has 0 saturated carbocycles. The zero-order valence-corrected chi connectivity index (χ0v) is 11.7. The van der Waals surface area contributed by atoms with Crippen molar-refractivity contribution in [2.75, 3.05) is 5.32 Å². The molecule has 0 bridgehead atoms. The minimum atomic E-state index is 0.400. The van der Waals surface area contributed by atoms with E-state index in [2.05, 4.69) is 41.0 Å². The van der Waals surface area contributed by atoms with Gasteiger partial charge in [-0.1, -0.05) is 19.9 Å². The number of pyridine rings is 1. The third-order valence-corrected chi connectivity index (χ3v) is 3.13. The summed E-state index contributed by atoms with van der Waals surface area (Å²) in [5.74, 6) is 1.59. The molecule has 0 saturated heterocycles. The highest BCUT2D eigenvalue weighted by Gasteiger charge is 2.09. The first kappa shape index (κ1) is 13.5. The summed E-state index contributed by atoms with van der Waals surface area (Å²) in [5.41, 5.74) is 1.94. The maximum Gasteiger partial charge on any atom is 0.180 e. The van der Waals surface area contributed by atoms with Crippen LogP contribution in [0.1, 0.15) is 32.8 Å². The smallest absolute Gasteiger partial charge is 0.180 e. The number of anilines is 1. The number of aryl methyl sites for hydroxylation is 1. The molecular formula is C15H20N4. The minimum absolute atomic E-state index is 0.400. The average molecular weight is 256 g/mol. The fraction of sp³-hybridized carbons (Fsp3) is 0.400. The molecule has 0 spiro atoms. The Kier molecular flexibility index (Phi) is 4.44. The van der Waals surface area contributed by atoms with E-state index in [-0.39, 0.29) is 0 Å². The number of nitrogens with one attached hydrogen (secondary N) is 1. The van der Waals surface area contributed by atoms with Gasteiger partial charge >= 0.3 is 0 Å². The summed E-state index contributed by atoms with van der Waals surface area (Å²) >= 11 is 0. The molecule has 0 aliphatic carbocycles. The zero-order chi connectivity index (χ0) is 13.7. The SMILES string of the molecule is CCc1cnc(-c2ccccn2)nc1N[C@H](C)CC. The van der Waals surface area contributed by atoms with Gasteiger partial charge in [-0.2, -0.15) is 0 Å². The third kappa shape index (κ3) is 3.28. The van der Waals surface area contributed by atoms with E-state index in [9.17, 15) is 0 Å². The van der Waals surface area contributed by atoms with E-state index < -0.39 is 0 Å². The average Bonchev–Trinajstić information content (AvgIpc) is 2.48. The molecule has 0 aliphatic rings. The number of rotatable bonds is 5. The molecule has 0 amide bonds. The van der Waals surface area contributed by atoms with E-state index in [1.54, 1.807) is 6.20 Å². The Labute approximate surface area is 114 Å². The summed E-state index contributed by atoms with van der Waals surface area (Å²) in [5, 5.41) is 3.44. The zero-order valence-electron chi connectivity index (χ0n) is 11.7. The molecular weight excluding hydrogens is 236 g/mol. The lowest BCUT2D eigenvalue weighted by Crippen LogP contribution is -2.16. The van der Waals surface area contributed by atoms with Gasteiger partial charge in [-0.15, -0.1) is 0 Å². The summed E-state index contributed by atoms with van der Waals surface area (Å²) in [6.07, 6.45) is 5.63. The normalized spacial score (nSPS) is 12.2. The molecule has 1 N–H and O–H groups in total. The summed E-state index contributed by atoms with van der Waals surface area (Å²) in [4.78, 5) is 13.3. The van der Waals surface area contributed by atoms with Crippen LogP contribution in [-0.2, 0) is 6.42 Å². The second-order valence-electron chi connectivity index (χ2n) is 4.59. The molecule has 1 atom stereocenters. The number of nitrogens with zero attached hydrogens (tertiary/aromatic N) is 3. The number of hydrogen-bond donors (Lipinski definition) is 1. The van der Waals surface area contributed by atoms with Crippen LogP contribution in [0.3, 0.4) is 0 Å². The monoisotopic (exact) mass is 256 g/mol. The molecule has 0 radical (unpaired) electrons. The maximum absolute atomic E-state index is 4.62. The van der Waals surface area contributed by atoms with Crippen LogP contribution in [0.25, 0.3) is 11.5 Å². The molecule has 4 nitrogen and oxygen atoms in total. The quantitative estimate of drug-likeness (QED) is 0.891. The van der Waals surface area contributed by atoms with Crippen LogP contribution >= 0.6 is 0 Å².